The Hall–Kier alpha value is -0.960. The highest BCUT2D eigenvalue weighted by atomic mass is 32.2. The third-order valence-electron chi connectivity index (χ3n) is 5.68. The average molecular weight is 415 g/mol. The average Bonchev–Trinajstić information content (AvgIpc) is 2.98. The standard InChI is InChI=1S/C19H30N2O4S2/c1-2-17-9-5-8-16-21(17)27(24,25)19-12-10-18(11-13-19)26(22,23)20-14-6-3-4-7-15-20/h10-13,17H,2-9,14-16H2,1H3. The lowest BCUT2D eigenvalue weighted by atomic mass is 10.0. The second kappa shape index (κ2) is 8.59. The van der Waals surface area contributed by atoms with E-state index in [2.05, 4.69) is 0 Å². The molecule has 0 aliphatic carbocycles. The molecule has 2 aliphatic heterocycles. The maximum Gasteiger partial charge on any atom is 0.243 e. The molecule has 6 nitrogen and oxygen atoms in total. The fourth-order valence-electron chi connectivity index (χ4n) is 4.05. The van der Waals surface area contributed by atoms with Crippen LogP contribution in [0.3, 0.4) is 0 Å². The zero-order chi connectivity index (χ0) is 19.5. The molecule has 152 valence electrons. The van der Waals surface area contributed by atoms with Gasteiger partial charge in [-0.15, -0.1) is 0 Å². The van der Waals surface area contributed by atoms with Crippen LogP contribution in [0.5, 0.6) is 0 Å². The van der Waals surface area contributed by atoms with Crippen molar-refractivity contribution >= 4 is 20.0 Å². The summed E-state index contributed by atoms with van der Waals surface area (Å²) < 4.78 is 54.9. The van der Waals surface area contributed by atoms with Gasteiger partial charge in [-0.25, -0.2) is 16.8 Å². The summed E-state index contributed by atoms with van der Waals surface area (Å²) >= 11 is 0. The minimum absolute atomic E-state index is 0.0317. The van der Waals surface area contributed by atoms with Gasteiger partial charge in [0.15, 0.2) is 0 Å². The number of piperidine rings is 1. The number of hydrogen-bond donors (Lipinski definition) is 0. The summed E-state index contributed by atoms with van der Waals surface area (Å²) in [6.45, 7) is 3.62. The van der Waals surface area contributed by atoms with E-state index < -0.39 is 20.0 Å². The monoisotopic (exact) mass is 414 g/mol. The summed E-state index contributed by atoms with van der Waals surface area (Å²) in [6.07, 6.45) is 7.46. The topological polar surface area (TPSA) is 74.8 Å². The summed E-state index contributed by atoms with van der Waals surface area (Å²) in [5, 5.41) is 0. The molecule has 0 N–H and O–H groups in total. The highest BCUT2D eigenvalue weighted by Crippen LogP contribution is 2.28. The van der Waals surface area contributed by atoms with Gasteiger partial charge in [-0.1, -0.05) is 26.2 Å². The molecule has 3 rings (SSSR count). The van der Waals surface area contributed by atoms with Crippen molar-refractivity contribution in [3.05, 3.63) is 24.3 Å². The molecule has 2 fully saturated rings. The van der Waals surface area contributed by atoms with Gasteiger partial charge in [-0.2, -0.15) is 8.61 Å². The summed E-state index contributed by atoms with van der Waals surface area (Å²) in [6, 6.07) is 5.81. The first kappa shape index (κ1) is 20.8. The van der Waals surface area contributed by atoms with Gasteiger partial charge < -0.3 is 0 Å². The van der Waals surface area contributed by atoms with E-state index in [1.165, 1.54) is 28.6 Å². The summed E-state index contributed by atoms with van der Waals surface area (Å²) in [4.78, 5) is 0.353. The predicted octanol–water partition coefficient (Wildman–Crippen LogP) is 3.20. The maximum atomic E-state index is 13.0. The SMILES string of the molecule is CCC1CCCCN1S(=O)(=O)c1ccc(S(=O)(=O)N2CCCCCC2)cc1. The molecular weight excluding hydrogens is 384 g/mol. The van der Waals surface area contributed by atoms with E-state index in [-0.39, 0.29) is 15.8 Å². The van der Waals surface area contributed by atoms with E-state index in [1.54, 1.807) is 4.31 Å². The molecule has 2 saturated heterocycles. The molecule has 1 aromatic carbocycles. The highest BCUT2D eigenvalue weighted by Gasteiger charge is 2.33. The van der Waals surface area contributed by atoms with E-state index in [9.17, 15) is 16.8 Å². The fourth-order valence-corrected chi connectivity index (χ4v) is 7.33. The third kappa shape index (κ3) is 4.39. The first-order chi connectivity index (χ1) is 12.9. The summed E-state index contributed by atoms with van der Waals surface area (Å²) in [5.41, 5.74) is 0. The van der Waals surface area contributed by atoms with Crippen LogP contribution in [-0.2, 0) is 20.0 Å². The van der Waals surface area contributed by atoms with Crippen molar-refractivity contribution in [1.82, 2.24) is 8.61 Å². The minimum atomic E-state index is -3.59. The second-order valence-corrected chi connectivity index (χ2v) is 11.3. The van der Waals surface area contributed by atoms with Gasteiger partial charge in [0.1, 0.15) is 0 Å². The first-order valence-corrected chi connectivity index (χ1v) is 12.9. The Morgan fingerprint density at radius 1 is 0.778 bits per heavy atom. The molecule has 1 atom stereocenters. The van der Waals surface area contributed by atoms with Crippen LogP contribution in [0.2, 0.25) is 0 Å². The van der Waals surface area contributed by atoms with Crippen molar-refractivity contribution in [2.45, 2.75) is 74.1 Å². The van der Waals surface area contributed by atoms with Crippen LogP contribution in [-0.4, -0.2) is 51.1 Å². The minimum Gasteiger partial charge on any atom is -0.207 e. The summed E-state index contributed by atoms with van der Waals surface area (Å²) in [5.74, 6) is 0. The van der Waals surface area contributed by atoms with E-state index in [4.69, 9.17) is 0 Å². The Morgan fingerprint density at radius 2 is 1.30 bits per heavy atom. The molecular formula is C19H30N2O4S2. The molecule has 0 bridgehead atoms. The van der Waals surface area contributed by atoms with Crippen LogP contribution in [0.25, 0.3) is 0 Å². The Labute approximate surface area is 163 Å². The van der Waals surface area contributed by atoms with Gasteiger partial charge in [0.25, 0.3) is 0 Å². The lowest BCUT2D eigenvalue weighted by Gasteiger charge is -2.34. The van der Waals surface area contributed by atoms with E-state index in [0.29, 0.717) is 19.6 Å². The van der Waals surface area contributed by atoms with Gasteiger partial charge in [-0.3, -0.25) is 0 Å². The van der Waals surface area contributed by atoms with Gasteiger partial charge in [0, 0.05) is 25.7 Å². The zero-order valence-electron chi connectivity index (χ0n) is 16.0. The Morgan fingerprint density at radius 3 is 1.85 bits per heavy atom. The smallest absolute Gasteiger partial charge is 0.207 e. The second-order valence-electron chi connectivity index (χ2n) is 7.46. The number of benzene rings is 1. The molecule has 0 amide bonds. The number of rotatable bonds is 5. The van der Waals surface area contributed by atoms with Gasteiger partial charge >= 0.3 is 0 Å². The van der Waals surface area contributed by atoms with Crippen LogP contribution in [0, 0.1) is 0 Å². The normalized spacial score (nSPS) is 23.8. The molecule has 2 heterocycles. The maximum absolute atomic E-state index is 13.0. The molecule has 8 heteroatoms. The molecule has 2 aliphatic rings. The van der Waals surface area contributed by atoms with Crippen LogP contribution in [0.1, 0.15) is 58.3 Å². The van der Waals surface area contributed by atoms with Crippen LogP contribution in [0.15, 0.2) is 34.1 Å². The Bertz CT molecular complexity index is 827. The molecule has 0 aromatic heterocycles. The van der Waals surface area contributed by atoms with E-state index in [1.807, 2.05) is 6.92 Å². The third-order valence-corrected chi connectivity index (χ3v) is 9.56. The molecule has 0 radical (unpaired) electrons. The van der Waals surface area contributed by atoms with Crippen molar-refractivity contribution < 1.29 is 16.8 Å². The van der Waals surface area contributed by atoms with Crippen LogP contribution < -0.4 is 0 Å². The lowest BCUT2D eigenvalue weighted by molar-refractivity contribution is 0.246. The Kier molecular flexibility index (Phi) is 6.61. The van der Waals surface area contributed by atoms with Crippen LogP contribution >= 0.6 is 0 Å². The summed E-state index contributed by atoms with van der Waals surface area (Å²) in [7, 11) is -7.15. The van der Waals surface area contributed by atoms with Crippen molar-refractivity contribution in [2.24, 2.45) is 0 Å². The largest absolute Gasteiger partial charge is 0.243 e. The molecule has 1 aromatic rings. The zero-order valence-corrected chi connectivity index (χ0v) is 17.6. The van der Waals surface area contributed by atoms with Gasteiger partial charge in [-0.05, 0) is 56.4 Å². The first-order valence-electron chi connectivity index (χ1n) is 9.99. The van der Waals surface area contributed by atoms with Crippen molar-refractivity contribution in [1.29, 1.82) is 0 Å². The van der Waals surface area contributed by atoms with Crippen molar-refractivity contribution in [3.8, 4) is 0 Å². The van der Waals surface area contributed by atoms with Crippen molar-refractivity contribution in [3.63, 3.8) is 0 Å². The van der Waals surface area contributed by atoms with Crippen LogP contribution in [0.4, 0.5) is 0 Å². The Balaban J connectivity index is 1.84. The quantitative estimate of drug-likeness (QED) is 0.741. The predicted molar refractivity (Wildman–Crippen MR) is 105 cm³/mol. The lowest BCUT2D eigenvalue weighted by Crippen LogP contribution is -2.43. The fraction of sp³-hybridized carbons (Fsp3) is 0.684. The van der Waals surface area contributed by atoms with E-state index in [0.717, 1.165) is 51.4 Å². The number of hydrogen-bond acceptors (Lipinski definition) is 4. The molecule has 1 unspecified atom stereocenters. The van der Waals surface area contributed by atoms with Gasteiger partial charge in [0.2, 0.25) is 20.0 Å². The van der Waals surface area contributed by atoms with E-state index >= 15 is 0 Å². The molecule has 0 saturated carbocycles. The molecule has 27 heavy (non-hydrogen) atoms. The number of sulfonamides is 2. The van der Waals surface area contributed by atoms with Gasteiger partial charge in [0.05, 0.1) is 9.79 Å². The molecule has 0 spiro atoms. The van der Waals surface area contributed by atoms with Crippen molar-refractivity contribution in [2.75, 3.05) is 19.6 Å². The number of nitrogens with zero attached hydrogens (tertiary/aromatic N) is 2. The highest BCUT2D eigenvalue weighted by molar-refractivity contribution is 7.89.